The number of amides is 8. The monoisotopic (exact) mass is 1610 g/mol. The summed E-state index contributed by atoms with van der Waals surface area (Å²) >= 11 is 0. The number of aromatic nitrogens is 16. The van der Waals surface area contributed by atoms with Crippen LogP contribution < -0.4 is 62.1 Å². The minimum Gasteiger partial charge on any atom is -0.380 e. The van der Waals surface area contributed by atoms with Crippen LogP contribution >= 0.6 is 0 Å². The Hall–Kier alpha value is -12.8. The van der Waals surface area contributed by atoms with E-state index in [0.717, 1.165) is 124 Å². The molecule has 0 aliphatic carbocycles. The third-order valence-corrected chi connectivity index (χ3v) is 20.3. The Morgan fingerprint density at radius 1 is 0.381 bits per heavy atom. The quantitative estimate of drug-likeness (QED) is 0.0447. The molecule has 8 aromatic heterocycles. The lowest BCUT2D eigenvalue weighted by Crippen LogP contribution is -2.49. The number of urea groups is 4. The Kier molecular flexibility index (Phi) is 26.2. The first-order chi connectivity index (χ1) is 57.4. The Balaban J connectivity index is 0.000000129. The molecule has 118 heavy (non-hydrogen) atoms. The summed E-state index contributed by atoms with van der Waals surface area (Å²) in [6.45, 7) is 24.3. The summed E-state index contributed by atoms with van der Waals surface area (Å²) in [4.78, 5) is 103. The molecule has 13 heterocycles. The summed E-state index contributed by atoms with van der Waals surface area (Å²) in [6.07, 6.45) is 8.01. The van der Waals surface area contributed by atoms with Gasteiger partial charge in [-0.25, -0.2) is 69.0 Å². The molecule has 0 radical (unpaired) electrons. The van der Waals surface area contributed by atoms with E-state index in [0.29, 0.717) is 136 Å². The average molecular weight is 1610 g/mol. The van der Waals surface area contributed by atoms with Gasteiger partial charge >= 0.3 is 24.1 Å². The fourth-order valence-electron chi connectivity index (χ4n) is 14.1. The molecule has 37 nitrogen and oxygen atoms in total. The molecule has 5 aliphatic heterocycles. The second-order valence-electron chi connectivity index (χ2n) is 28.9. The van der Waals surface area contributed by atoms with Crippen molar-refractivity contribution in [1.29, 1.82) is 0 Å². The molecular weight excluding hydrogens is 1510 g/mol. The first kappa shape index (κ1) is 81.7. The number of hydrogen-bond donors (Lipinski definition) is 8. The zero-order valence-electron chi connectivity index (χ0n) is 67.9. The van der Waals surface area contributed by atoms with Gasteiger partial charge in [0.2, 0.25) is 0 Å². The van der Waals surface area contributed by atoms with Crippen molar-refractivity contribution < 1.29 is 42.9 Å². The van der Waals surface area contributed by atoms with Gasteiger partial charge in [-0.15, -0.1) is 0 Å². The van der Waals surface area contributed by atoms with Gasteiger partial charge in [-0.2, -0.15) is 10.2 Å². The molecule has 5 saturated heterocycles. The molecule has 0 saturated carbocycles. The van der Waals surface area contributed by atoms with E-state index in [1.807, 2.05) is 165 Å². The minimum absolute atomic E-state index is 0.0832. The third kappa shape index (κ3) is 19.3. The molecule has 4 aromatic carbocycles. The number of nitrogens with zero attached hydrogens (tertiary/aromatic N) is 20. The van der Waals surface area contributed by atoms with Crippen molar-refractivity contribution in [2.24, 2.45) is 28.2 Å². The van der Waals surface area contributed by atoms with E-state index in [4.69, 9.17) is 53.6 Å². The molecule has 3 atom stereocenters. The van der Waals surface area contributed by atoms with Crippen molar-refractivity contribution in [3.63, 3.8) is 0 Å². The highest BCUT2D eigenvalue weighted by Gasteiger charge is 2.30. The van der Waals surface area contributed by atoms with Crippen LogP contribution in [0.4, 0.5) is 65.2 Å². The maximum absolute atomic E-state index is 12.0. The standard InChI is InChI=1S/C21H25N7O3.3C20H25N7O2/c1-13-10-30-8-7-28(13)20-18-17(9-22-27(18)2)25-19(26-20)14-3-5-15(6-4-14)23-21(29)24-16-11-31-12-16;1-4-21-20(28)23-15-7-5-14(6-8-15)18-24-16-11-22-26(3)17(16)19(25-18)27-9-10-29-12-13(27)2;1-4-21-20(28)23-15-7-5-14(6-8-15)17-24-18-16(26(3)12-22-18)19(25-17)27-9-10-29-11-13(27)2;1-3-21-20(28)23-15-7-5-14(6-8-15)17-24-18-16(26(2)13-22-18)19(25-17)27-9-4-11-29-12-10-27/h3-6,9,13,16H,7-8,10-12H2,1-2H3,(H2,23,24,29);5-8,11,13H,4,9-10,12H2,1-3H3,(H2,21,23,28);5-8,12-13H,4,9-11H2,1-3H3,(H2,21,23,28);5-8,13H,3-4,9-12H2,1-2H3,(H2,21,23,28)/t3*13-;/m001./s1. The van der Waals surface area contributed by atoms with Gasteiger partial charge in [0, 0.05) is 132 Å². The number of imidazole rings is 2. The number of fused-ring (bicyclic) bond motifs is 4. The number of aryl methyl sites for hydroxylation is 4. The second-order valence-corrected chi connectivity index (χ2v) is 28.9. The van der Waals surface area contributed by atoms with Crippen LogP contribution in [0.25, 0.3) is 89.9 Å². The van der Waals surface area contributed by atoms with E-state index < -0.39 is 0 Å². The van der Waals surface area contributed by atoms with Gasteiger partial charge in [-0.1, -0.05) is 0 Å². The SMILES string of the molecule is CCNC(=O)Nc1ccc(-c2nc(N3CCCOCC3)c3c(ncn3C)n2)cc1.CCNC(=O)Nc1ccc(-c2nc(N3CCOC[C@@H]3C)c3c(cnn3C)n2)cc1.CCNC(=O)Nc1ccc(-c2nc(N3CCOC[C@H]3C)c3c(ncn3C)n2)cc1.C[C@H]1COCCN1c1nc(-c2ccc(NC(=O)NC3COC3)cc2)nc2cnn(C)c12. The Morgan fingerprint density at radius 3 is 1.09 bits per heavy atom. The van der Waals surface area contributed by atoms with Crippen LogP contribution in [0.3, 0.4) is 0 Å². The van der Waals surface area contributed by atoms with Crippen LogP contribution in [-0.4, -0.2) is 245 Å². The molecule has 37 heteroatoms. The smallest absolute Gasteiger partial charge is 0.319 e. The van der Waals surface area contributed by atoms with Gasteiger partial charge in [0.25, 0.3) is 0 Å². The maximum Gasteiger partial charge on any atom is 0.319 e. The molecular formula is C81H100N28O9. The molecule has 0 unspecified atom stereocenters. The van der Waals surface area contributed by atoms with Crippen molar-refractivity contribution in [2.45, 2.75) is 72.1 Å². The molecule has 5 fully saturated rings. The van der Waals surface area contributed by atoms with Crippen molar-refractivity contribution in [2.75, 3.05) is 159 Å². The highest BCUT2D eigenvalue weighted by molar-refractivity contribution is 5.94. The van der Waals surface area contributed by atoms with E-state index in [2.05, 4.69) is 113 Å². The van der Waals surface area contributed by atoms with Crippen LogP contribution in [0.2, 0.25) is 0 Å². The lowest BCUT2D eigenvalue weighted by atomic mass is 10.2. The lowest BCUT2D eigenvalue weighted by molar-refractivity contribution is 0.000735. The number of benzene rings is 4. The van der Waals surface area contributed by atoms with Gasteiger partial charge in [0.15, 0.2) is 57.9 Å². The number of hydrogen-bond acceptors (Lipinski definition) is 25. The van der Waals surface area contributed by atoms with E-state index in [-0.39, 0.29) is 48.3 Å². The van der Waals surface area contributed by atoms with Crippen LogP contribution in [0.5, 0.6) is 0 Å². The molecule has 618 valence electrons. The number of carbonyl (C=O) groups excluding carboxylic acids is 4. The Labute approximate surface area is 681 Å². The Bertz CT molecular complexity index is 5290. The van der Waals surface area contributed by atoms with Crippen molar-refractivity contribution in [3.8, 4) is 45.6 Å². The second kappa shape index (κ2) is 37.8. The molecule has 5 aliphatic rings. The highest BCUT2D eigenvalue weighted by atomic mass is 16.5. The number of carbonyl (C=O) groups is 4. The van der Waals surface area contributed by atoms with Crippen molar-refractivity contribution >= 4 is 115 Å². The molecule has 0 spiro atoms. The number of ether oxygens (including phenoxy) is 5. The summed E-state index contributed by atoms with van der Waals surface area (Å²) in [5, 5.41) is 31.0. The van der Waals surface area contributed by atoms with Gasteiger partial charge < -0.3 is 95.0 Å². The summed E-state index contributed by atoms with van der Waals surface area (Å²) in [6, 6.07) is 29.8. The van der Waals surface area contributed by atoms with Gasteiger partial charge in [-0.05, 0) is 145 Å². The zero-order valence-corrected chi connectivity index (χ0v) is 67.9. The topological polar surface area (TPSA) is 398 Å². The van der Waals surface area contributed by atoms with Crippen LogP contribution in [-0.2, 0) is 51.9 Å². The van der Waals surface area contributed by atoms with Crippen molar-refractivity contribution in [1.82, 2.24) is 99.8 Å². The molecule has 8 amide bonds. The normalized spacial score (nSPS) is 16.9. The van der Waals surface area contributed by atoms with Crippen molar-refractivity contribution in [3.05, 3.63) is 122 Å². The van der Waals surface area contributed by atoms with E-state index in [1.54, 1.807) is 25.0 Å². The maximum atomic E-state index is 12.0. The van der Waals surface area contributed by atoms with Crippen LogP contribution in [0, 0.1) is 0 Å². The fourth-order valence-corrected chi connectivity index (χ4v) is 14.1. The number of anilines is 8. The summed E-state index contributed by atoms with van der Waals surface area (Å²) in [5.74, 6) is 5.94. The van der Waals surface area contributed by atoms with Gasteiger partial charge in [0.05, 0.1) is 109 Å². The summed E-state index contributed by atoms with van der Waals surface area (Å²) < 4.78 is 35.0. The van der Waals surface area contributed by atoms with E-state index in [9.17, 15) is 19.2 Å². The first-order valence-corrected chi connectivity index (χ1v) is 39.7. The predicted molar refractivity (Wildman–Crippen MR) is 452 cm³/mol. The third-order valence-electron chi connectivity index (χ3n) is 20.3. The predicted octanol–water partition coefficient (Wildman–Crippen LogP) is 8.97. The summed E-state index contributed by atoms with van der Waals surface area (Å²) in [7, 11) is 7.72. The first-order valence-electron chi connectivity index (χ1n) is 39.7. The molecule has 8 N–H and O–H groups in total. The Morgan fingerprint density at radius 2 is 0.729 bits per heavy atom. The number of nitrogens with one attached hydrogen (secondary N) is 8. The molecule has 0 bridgehead atoms. The van der Waals surface area contributed by atoms with Gasteiger partial charge in [-0.3, -0.25) is 9.36 Å². The van der Waals surface area contributed by atoms with E-state index >= 15 is 0 Å². The van der Waals surface area contributed by atoms with Crippen LogP contribution in [0.1, 0.15) is 48.0 Å². The molecule has 12 aromatic rings. The van der Waals surface area contributed by atoms with Crippen LogP contribution in [0.15, 0.2) is 122 Å². The van der Waals surface area contributed by atoms with E-state index in [1.165, 1.54) is 0 Å². The number of morpholine rings is 3. The largest absolute Gasteiger partial charge is 0.380 e. The number of rotatable bonds is 16. The molecule has 17 rings (SSSR count). The minimum atomic E-state index is -0.238. The fraction of sp³-hybridized carbons (Fsp3) is 0.407. The highest BCUT2D eigenvalue weighted by Crippen LogP contribution is 2.35. The average Bonchev–Trinajstić information content (AvgIpc) is 1.59. The zero-order chi connectivity index (χ0) is 82.3. The van der Waals surface area contributed by atoms with Gasteiger partial charge in [0.1, 0.15) is 33.1 Å². The lowest BCUT2D eigenvalue weighted by Gasteiger charge is -2.34. The summed E-state index contributed by atoms with van der Waals surface area (Å²) in [5.41, 5.74) is 12.9.